The second-order valence-electron chi connectivity index (χ2n) is 9.46. The Morgan fingerprint density at radius 2 is 1.94 bits per heavy atom. The lowest BCUT2D eigenvalue weighted by Crippen LogP contribution is -2.49. The van der Waals surface area contributed by atoms with Crippen LogP contribution in [0.25, 0.3) is 11.0 Å². The van der Waals surface area contributed by atoms with E-state index in [1.165, 1.54) is 4.57 Å². The molecule has 0 atom stereocenters. The number of amides is 1. The minimum atomic E-state index is -0.645. The number of nitrogens with one attached hydrogen (secondary N) is 1. The van der Waals surface area contributed by atoms with Crippen LogP contribution in [0.5, 0.6) is 0 Å². The predicted octanol–water partition coefficient (Wildman–Crippen LogP) is 2.85. The molecule has 0 saturated carbocycles. The van der Waals surface area contributed by atoms with Crippen molar-refractivity contribution in [3.05, 3.63) is 33.7 Å². The largest absolute Gasteiger partial charge is 0.388 e. The summed E-state index contributed by atoms with van der Waals surface area (Å²) in [6, 6.07) is 4.65. The van der Waals surface area contributed by atoms with Crippen molar-refractivity contribution in [2.24, 2.45) is 5.92 Å². The monoisotopic (exact) mass is 464 g/mol. The van der Waals surface area contributed by atoms with Crippen LogP contribution in [0.4, 0.5) is 4.79 Å². The molecule has 0 radical (unpaired) electrons. The van der Waals surface area contributed by atoms with Crippen molar-refractivity contribution in [2.75, 3.05) is 39.4 Å². The van der Waals surface area contributed by atoms with Gasteiger partial charge >= 0.3 is 11.7 Å². The second-order valence-corrected chi connectivity index (χ2v) is 9.89. The van der Waals surface area contributed by atoms with Gasteiger partial charge in [0.05, 0.1) is 16.6 Å². The Morgan fingerprint density at radius 3 is 2.59 bits per heavy atom. The first-order chi connectivity index (χ1) is 15.3. The maximum absolute atomic E-state index is 13.0. The van der Waals surface area contributed by atoms with Gasteiger partial charge in [0.2, 0.25) is 0 Å². The van der Waals surface area contributed by atoms with Gasteiger partial charge in [-0.3, -0.25) is 4.57 Å². The lowest BCUT2D eigenvalue weighted by atomic mass is 9.91. The first kappa shape index (κ1) is 23.3. The van der Waals surface area contributed by atoms with Crippen molar-refractivity contribution >= 4 is 28.7 Å². The number of piperidine rings is 1. The Labute approximate surface area is 193 Å². The standard InChI is InChI=1S/C23H33ClN4O4/c1-16(2)27-20-13-18(24)3-4-19(20)28(22(27)30)21(29)25-14-17-5-9-26(10-6-17)15-23(31)7-11-32-12-8-23/h3-4,13,16-17,31H,5-12,14-15H2,1-2H3,(H,25,29). The average molecular weight is 465 g/mol. The van der Waals surface area contributed by atoms with E-state index < -0.39 is 11.6 Å². The minimum Gasteiger partial charge on any atom is -0.388 e. The fourth-order valence-electron chi connectivity index (χ4n) is 4.87. The number of carbonyl (C=O) groups excluding carboxylic acids is 1. The molecule has 0 spiro atoms. The van der Waals surface area contributed by atoms with E-state index in [-0.39, 0.29) is 11.7 Å². The normalized spacial score (nSPS) is 20.2. The first-order valence-electron chi connectivity index (χ1n) is 11.5. The third kappa shape index (κ3) is 4.88. The molecular formula is C23H33ClN4O4. The van der Waals surface area contributed by atoms with Gasteiger partial charge in [-0.2, -0.15) is 0 Å². The predicted molar refractivity (Wildman–Crippen MR) is 125 cm³/mol. The van der Waals surface area contributed by atoms with Crippen LogP contribution >= 0.6 is 11.6 Å². The van der Waals surface area contributed by atoms with Gasteiger partial charge in [-0.1, -0.05) is 11.6 Å². The Balaban J connectivity index is 1.36. The molecule has 2 N–H and O–H groups in total. The average Bonchev–Trinajstić information content (AvgIpc) is 3.04. The SMILES string of the molecule is CC(C)n1c(=O)n(C(=O)NCC2CCN(CC3(O)CCOCC3)CC2)c2ccc(Cl)cc21. The number of ether oxygens (including phenoxy) is 1. The highest BCUT2D eigenvalue weighted by atomic mass is 35.5. The quantitative estimate of drug-likeness (QED) is 0.710. The molecule has 8 nitrogen and oxygen atoms in total. The summed E-state index contributed by atoms with van der Waals surface area (Å²) in [7, 11) is 0. The molecule has 2 fully saturated rings. The van der Waals surface area contributed by atoms with Crippen LogP contribution in [0.2, 0.25) is 5.02 Å². The number of benzene rings is 1. The number of carbonyl (C=O) groups is 1. The van der Waals surface area contributed by atoms with Crippen LogP contribution in [0.15, 0.2) is 23.0 Å². The van der Waals surface area contributed by atoms with Crippen molar-refractivity contribution in [3.8, 4) is 0 Å². The van der Waals surface area contributed by atoms with Crippen molar-refractivity contribution < 1.29 is 14.6 Å². The van der Waals surface area contributed by atoms with E-state index in [1.54, 1.807) is 22.8 Å². The van der Waals surface area contributed by atoms with Crippen molar-refractivity contribution in [1.82, 2.24) is 19.4 Å². The molecule has 2 aromatic rings. The van der Waals surface area contributed by atoms with E-state index >= 15 is 0 Å². The molecule has 4 rings (SSSR count). The molecular weight excluding hydrogens is 432 g/mol. The van der Waals surface area contributed by atoms with Crippen LogP contribution in [-0.4, -0.2) is 70.2 Å². The molecule has 0 bridgehead atoms. The van der Waals surface area contributed by atoms with Gasteiger partial charge in [0.25, 0.3) is 0 Å². The number of nitrogens with zero attached hydrogens (tertiary/aromatic N) is 3. The number of fused-ring (bicyclic) bond motifs is 1. The van der Waals surface area contributed by atoms with E-state index in [0.29, 0.717) is 61.1 Å². The van der Waals surface area contributed by atoms with Gasteiger partial charge in [0, 0.05) is 50.2 Å². The summed E-state index contributed by atoms with van der Waals surface area (Å²) in [6.45, 7) is 8.07. The molecule has 32 heavy (non-hydrogen) atoms. The molecule has 1 amide bonds. The fourth-order valence-corrected chi connectivity index (χ4v) is 5.04. The minimum absolute atomic E-state index is 0.0904. The van der Waals surface area contributed by atoms with E-state index in [4.69, 9.17) is 16.3 Å². The zero-order valence-corrected chi connectivity index (χ0v) is 19.6. The van der Waals surface area contributed by atoms with Crippen molar-refractivity contribution in [2.45, 2.75) is 51.2 Å². The van der Waals surface area contributed by atoms with E-state index in [2.05, 4.69) is 10.2 Å². The summed E-state index contributed by atoms with van der Waals surface area (Å²) in [6.07, 6.45) is 3.27. The summed E-state index contributed by atoms with van der Waals surface area (Å²) < 4.78 is 8.17. The molecule has 2 aliphatic rings. The number of aliphatic hydroxyl groups is 1. The molecule has 1 aromatic heterocycles. The smallest absolute Gasteiger partial charge is 0.337 e. The number of aromatic nitrogens is 2. The summed E-state index contributed by atoms with van der Waals surface area (Å²) in [4.78, 5) is 28.3. The molecule has 176 valence electrons. The van der Waals surface area contributed by atoms with Gasteiger partial charge in [0.15, 0.2) is 0 Å². The molecule has 1 aromatic carbocycles. The maximum atomic E-state index is 13.0. The first-order valence-corrected chi connectivity index (χ1v) is 11.9. The highest BCUT2D eigenvalue weighted by Crippen LogP contribution is 2.25. The fraction of sp³-hybridized carbons (Fsp3) is 0.652. The summed E-state index contributed by atoms with van der Waals surface area (Å²) >= 11 is 6.13. The molecule has 2 saturated heterocycles. The Bertz CT molecular complexity index is 1020. The molecule has 0 aliphatic carbocycles. The number of likely N-dealkylation sites (tertiary alicyclic amines) is 1. The third-order valence-corrected chi connectivity index (χ3v) is 6.98. The highest BCUT2D eigenvalue weighted by molar-refractivity contribution is 6.31. The molecule has 3 heterocycles. The van der Waals surface area contributed by atoms with Gasteiger partial charge in [-0.05, 0) is 63.9 Å². The Hall–Kier alpha value is -1.87. The Kier molecular flexibility index (Phi) is 6.95. The van der Waals surface area contributed by atoms with Gasteiger partial charge in [-0.25, -0.2) is 14.2 Å². The van der Waals surface area contributed by atoms with E-state index in [9.17, 15) is 14.7 Å². The van der Waals surface area contributed by atoms with Gasteiger partial charge in [0.1, 0.15) is 0 Å². The zero-order chi connectivity index (χ0) is 22.9. The van der Waals surface area contributed by atoms with E-state index in [1.807, 2.05) is 13.8 Å². The number of β-amino-alcohol motifs (C(OH)–C–C–N with tert-alkyl or cyclic N) is 1. The number of hydrogen-bond acceptors (Lipinski definition) is 5. The maximum Gasteiger partial charge on any atom is 0.337 e. The molecule has 0 unspecified atom stereocenters. The lowest BCUT2D eigenvalue weighted by molar-refractivity contribution is -0.0829. The third-order valence-electron chi connectivity index (χ3n) is 6.75. The lowest BCUT2D eigenvalue weighted by Gasteiger charge is -2.39. The number of imidazole rings is 1. The number of hydrogen-bond donors (Lipinski definition) is 2. The second kappa shape index (κ2) is 9.55. The van der Waals surface area contributed by atoms with Gasteiger partial charge < -0.3 is 20.1 Å². The van der Waals surface area contributed by atoms with E-state index in [0.717, 1.165) is 25.9 Å². The van der Waals surface area contributed by atoms with Crippen molar-refractivity contribution in [3.63, 3.8) is 0 Å². The summed E-state index contributed by atoms with van der Waals surface area (Å²) in [5.74, 6) is 0.350. The summed E-state index contributed by atoms with van der Waals surface area (Å²) in [5, 5.41) is 14.2. The van der Waals surface area contributed by atoms with Crippen LogP contribution in [0.1, 0.15) is 45.6 Å². The highest BCUT2D eigenvalue weighted by Gasteiger charge is 2.33. The number of halogens is 1. The van der Waals surface area contributed by atoms with Crippen LogP contribution < -0.4 is 11.0 Å². The summed E-state index contributed by atoms with van der Waals surface area (Å²) in [5.41, 5.74) is 0.222. The topological polar surface area (TPSA) is 88.7 Å². The zero-order valence-electron chi connectivity index (χ0n) is 18.8. The van der Waals surface area contributed by atoms with Crippen LogP contribution in [0, 0.1) is 5.92 Å². The molecule has 9 heteroatoms. The van der Waals surface area contributed by atoms with Gasteiger partial charge in [-0.15, -0.1) is 0 Å². The molecule has 2 aliphatic heterocycles. The van der Waals surface area contributed by atoms with Crippen LogP contribution in [0.3, 0.4) is 0 Å². The number of rotatable bonds is 5. The van der Waals surface area contributed by atoms with Crippen LogP contribution in [-0.2, 0) is 4.74 Å². The van der Waals surface area contributed by atoms with Crippen molar-refractivity contribution in [1.29, 1.82) is 0 Å². The Morgan fingerprint density at radius 1 is 1.25 bits per heavy atom.